The van der Waals surface area contributed by atoms with Gasteiger partial charge in [-0.25, -0.2) is 0 Å². The monoisotopic (exact) mass is 208 g/mol. The van der Waals surface area contributed by atoms with Gasteiger partial charge < -0.3 is 15.8 Å². The first-order valence-corrected chi connectivity index (χ1v) is 5.30. The third kappa shape index (κ3) is 3.90. The average Bonchev–Trinajstić information content (AvgIpc) is 2.23. The molecule has 0 spiro atoms. The second-order valence-corrected chi connectivity index (χ2v) is 3.60. The van der Waals surface area contributed by atoms with Gasteiger partial charge in [-0.1, -0.05) is 6.07 Å². The van der Waals surface area contributed by atoms with E-state index < -0.39 is 0 Å². The van der Waals surface area contributed by atoms with Gasteiger partial charge in [0.2, 0.25) is 0 Å². The first kappa shape index (κ1) is 12.0. The van der Waals surface area contributed by atoms with Crippen LogP contribution >= 0.6 is 0 Å². The first-order chi connectivity index (χ1) is 7.27. The summed E-state index contributed by atoms with van der Waals surface area (Å²) in [5, 5.41) is 3.30. The fraction of sp³-hybridized carbons (Fsp3) is 0.500. The van der Waals surface area contributed by atoms with Crippen LogP contribution in [-0.2, 0) is 11.2 Å². The molecule has 0 aliphatic rings. The molecule has 0 fully saturated rings. The molecule has 0 heterocycles. The maximum atomic E-state index is 5.53. The van der Waals surface area contributed by atoms with Crippen LogP contribution in [-0.4, -0.2) is 26.8 Å². The van der Waals surface area contributed by atoms with Crippen LogP contribution in [0, 0.1) is 6.92 Å². The SMILES string of the molecule is COCCNc1ccc(CCN)c(C)c1. The molecule has 1 aromatic carbocycles. The number of nitrogens with two attached hydrogens (primary N) is 1. The molecular formula is C12H20N2O. The number of methoxy groups -OCH3 is 1. The zero-order valence-corrected chi connectivity index (χ0v) is 9.55. The van der Waals surface area contributed by atoms with E-state index in [-0.39, 0.29) is 0 Å². The number of rotatable bonds is 6. The van der Waals surface area contributed by atoms with E-state index in [1.54, 1.807) is 7.11 Å². The van der Waals surface area contributed by atoms with Crippen LogP contribution in [0.3, 0.4) is 0 Å². The Morgan fingerprint density at radius 2 is 2.20 bits per heavy atom. The van der Waals surface area contributed by atoms with Crippen LogP contribution in [0.2, 0.25) is 0 Å². The molecule has 0 aliphatic carbocycles. The lowest BCUT2D eigenvalue weighted by Crippen LogP contribution is -2.08. The van der Waals surface area contributed by atoms with E-state index in [1.807, 2.05) is 0 Å². The first-order valence-electron chi connectivity index (χ1n) is 5.30. The number of ether oxygens (including phenoxy) is 1. The van der Waals surface area contributed by atoms with Gasteiger partial charge in [-0.3, -0.25) is 0 Å². The van der Waals surface area contributed by atoms with E-state index in [0.717, 1.165) is 25.3 Å². The standard InChI is InChI=1S/C12H20N2O/c1-10-9-12(14-7-8-15-2)4-3-11(10)5-6-13/h3-4,9,14H,5-8,13H2,1-2H3. The summed E-state index contributed by atoms with van der Waals surface area (Å²) in [6.07, 6.45) is 0.949. The van der Waals surface area contributed by atoms with Gasteiger partial charge in [0.25, 0.3) is 0 Å². The lowest BCUT2D eigenvalue weighted by atomic mass is 10.1. The van der Waals surface area contributed by atoms with Crippen molar-refractivity contribution in [1.29, 1.82) is 0 Å². The number of nitrogens with one attached hydrogen (secondary N) is 1. The second-order valence-electron chi connectivity index (χ2n) is 3.60. The van der Waals surface area contributed by atoms with E-state index >= 15 is 0 Å². The van der Waals surface area contributed by atoms with Gasteiger partial charge in [-0.15, -0.1) is 0 Å². The predicted octanol–water partition coefficient (Wildman–Crippen LogP) is 1.55. The number of hydrogen-bond donors (Lipinski definition) is 2. The highest BCUT2D eigenvalue weighted by Crippen LogP contribution is 2.15. The predicted molar refractivity (Wildman–Crippen MR) is 64.3 cm³/mol. The minimum Gasteiger partial charge on any atom is -0.383 e. The summed E-state index contributed by atoms with van der Waals surface area (Å²) < 4.78 is 4.98. The lowest BCUT2D eigenvalue weighted by Gasteiger charge is -2.09. The summed E-state index contributed by atoms with van der Waals surface area (Å²) in [5.74, 6) is 0. The van der Waals surface area contributed by atoms with Crippen LogP contribution in [0.1, 0.15) is 11.1 Å². The molecular weight excluding hydrogens is 188 g/mol. The van der Waals surface area contributed by atoms with Crippen LogP contribution in [0.15, 0.2) is 18.2 Å². The molecule has 84 valence electrons. The van der Waals surface area contributed by atoms with Crippen molar-refractivity contribution >= 4 is 5.69 Å². The maximum Gasteiger partial charge on any atom is 0.0635 e. The Kier molecular flexibility index (Phi) is 5.15. The highest BCUT2D eigenvalue weighted by molar-refractivity contribution is 5.48. The molecule has 0 bridgehead atoms. The van der Waals surface area contributed by atoms with E-state index in [4.69, 9.17) is 10.5 Å². The summed E-state index contributed by atoms with van der Waals surface area (Å²) in [6.45, 7) is 4.39. The Balaban J connectivity index is 2.56. The van der Waals surface area contributed by atoms with Crippen molar-refractivity contribution in [1.82, 2.24) is 0 Å². The number of anilines is 1. The molecule has 3 nitrogen and oxygen atoms in total. The summed E-state index contributed by atoms with van der Waals surface area (Å²) in [5.41, 5.74) is 9.30. The topological polar surface area (TPSA) is 47.3 Å². The normalized spacial score (nSPS) is 10.3. The Hall–Kier alpha value is -1.06. The van der Waals surface area contributed by atoms with Crippen molar-refractivity contribution in [3.05, 3.63) is 29.3 Å². The molecule has 0 aromatic heterocycles. The lowest BCUT2D eigenvalue weighted by molar-refractivity contribution is 0.211. The van der Waals surface area contributed by atoms with Gasteiger partial charge in [0.15, 0.2) is 0 Å². The van der Waals surface area contributed by atoms with Crippen LogP contribution in [0.25, 0.3) is 0 Å². The van der Waals surface area contributed by atoms with Crippen LogP contribution in [0.4, 0.5) is 5.69 Å². The van der Waals surface area contributed by atoms with E-state index in [9.17, 15) is 0 Å². The Morgan fingerprint density at radius 3 is 2.80 bits per heavy atom. The molecule has 0 aliphatic heterocycles. The van der Waals surface area contributed by atoms with E-state index in [0.29, 0.717) is 6.54 Å². The molecule has 0 radical (unpaired) electrons. The van der Waals surface area contributed by atoms with Gasteiger partial charge in [-0.05, 0) is 43.1 Å². The highest BCUT2D eigenvalue weighted by Gasteiger charge is 1.98. The Labute approximate surface area is 91.6 Å². The van der Waals surface area contributed by atoms with Gasteiger partial charge in [0, 0.05) is 19.3 Å². The molecule has 15 heavy (non-hydrogen) atoms. The van der Waals surface area contributed by atoms with Gasteiger partial charge in [0.05, 0.1) is 6.61 Å². The molecule has 0 amide bonds. The molecule has 3 heteroatoms. The minimum absolute atomic E-state index is 0.706. The fourth-order valence-electron chi connectivity index (χ4n) is 1.54. The zero-order valence-electron chi connectivity index (χ0n) is 9.55. The molecule has 0 atom stereocenters. The smallest absolute Gasteiger partial charge is 0.0635 e. The zero-order chi connectivity index (χ0) is 11.1. The van der Waals surface area contributed by atoms with Crippen molar-refractivity contribution in [2.24, 2.45) is 5.73 Å². The number of hydrogen-bond acceptors (Lipinski definition) is 3. The van der Waals surface area contributed by atoms with E-state index in [1.165, 1.54) is 11.1 Å². The third-order valence-electron chi connectivity index (χ3n) is 2.39. The summed E-state index contributed by atoms with van der Waals surface area (Å²) in [4.78, 5) is 0. The molecule has 1 rings (SSSR count). The largest absolute Gasteiger partial charge is 0.383 e. The summed E-state index contributed by atoms with van der Waals surface area (Å²) in [6, 6.07) is 6.38. The summed E-state index contributed by atoms with van der Waals surface area (Å²) >= 11 is 0. The minimum atomic E-state index is 0.706. The van der Waals surface area contributed by atoms with Crippen LogP contribution in [0.5, 0.6) is 0 Å². The van der Waals surface area contributed by atoms with Gasteiger partial charge in [-0.2, -0.15) is 0 Å². The Bertz CT molecular complexity index is 300. The average molecular weight is 208 g/mol. The molecule has 0 unspecified atom stereocenters. The molecule has 0 saturated carbocycles. The number of aryl methyl sites for hydroxylation is 1. The van der Waals surface area contributed by atoms with Crippen molar-refractivity contribution in [3.8, 4) is 0 Å². The fourth-order valence-corrected chi connectivity index (χ4v) is 1.54. The maximum absolute atomic E-state index is 5.53. The Morgan fingerprint density at radius 1 is 1.40 bits per heavy atom. The van der Waals surface area contributed by atoms with Crippen molar-refractivity contribution in [2.45, 2.75) is 13.3 Å². The second kappa shape index (κ2) is 6.43. The van der Waals surface area contributed by atoms with Crippen molar-refractivity contribution in [3.63, 3.8) is 0 Å². The van der Waals surface area contributed by atoms with E-state index in [2.05, 4.69) is 30.4 Å². The molecule has 1 aromatic rings. The number of benzene rings is 1. The van der Waals surface area contributed by atoms with Gasteiger partial charge >= 0.3 is 0 Å². The molecule has 0 saturated heterocycles. The third-order valence-corrected chi connectivity index (χ3v) is 2.39. The highest BCUT2D eigenvalue weighted by atomic mass is 16.5. The molecule has 3 N–H and O–H groups in total. The quantitative estimate of drug-likeness (QED) is 0.697. The summed E-state index contributed by atoms with van der Waals surface area (Å²) in [7, 11) is 1.71. The van der Waals surface area contributed by atoms with Crippen LogP contribution < -0.4 is 11.1 Å². The van der Waals surface area contributed by atoms with Crippen molar-refractivity contribution in [2.75, 3.05) is 32.1 Å². The van der Waals surface area contributed by atoms with Gasteiger partial charge in [0.1, 0.15) is 0 Å². The van der Waals surface area contributed by atoms with Crippen molar-refractivity contribution < 1.29 is 4.74 Å².